The Bertz CT molecular complexity index is 1020. The number of amides is 2. The van der Waals surface area contributed by atoms with Crippen LogP contribution in [0.1, 0.15) is 12.5 Å². The maximum atomic E-state index is 13.3. The number of benzene rings is 2. The predicted octanol–water partition coefficient (Wildman–Crippen LogP) is 3.10. The van der Waals surface area contributed by atoms with Gasteiger partial charge in [-0.05, 0) is 36.1 Å². The summed E-state index contributed by atoms with van der Waals surface area (Å²) in [6, 6.07) is 20.3. The third kappa shape index (κ3) is 4.85. The van der Waals surface area contributed by atoms with E-state index >= 15 is 0 Å². The van der Waals surface area contributed by atoms with Gasteiger partial charge in [-0.3, -0.25) is 14.3 Å². The molecule has 0 spiro atoms. The number of hydrogen-bond donors (Lipinski definition) is 0. The highest BCUT2D eigenvalue weighted by Crippen LogP contribution is 2.27. The second-order valence-electron chi connectivity index (χ2n) is 7.89. The minimum atomic E-state index is -0.270. The van der Waals surface area contributed by atoms with E-state index < -0.39 is 0 Å². The summed E-state index contributed by atoms with van der Waals surface area (Å²) in [6.07, 6.45) is 4.06. The lowest BCUT2D eigenvalue weighted by Gasteiger charge is -2.24. The molecule has 6 heteroatoms. The number of carbonyl (C=O) groups excluding carboxylic acids is 2. The monoisotopic (exact) mass is 416 g/mol. The normalized spacial score (nSPS) is 16.9. The van der Waals surface area contributed by atoms with Crippen LogP contribution in [0, 0.1) is 5.92 Å². The van der Waals surface area contributed by atoms with Crippen LogP contribution in [0.4, 0.5) is 0 Å². The van der Waals surface area contributed by atoms with Crippen LogP contribution in [-0.4, -0.2) is 57.6 Å². The molecule has 1 fully saturated rings. The van der Waals surface area contributed by atoms with Crippen LogP contribution in [0.3, 0.4) is 0 Å². The second-order valence-corrected chi connectivity index (χ2v) is 7.89. The Morgan fingerprint density at radius 2 is 1.81 bits per heavy atom. The van der Waals surface area contributed by atoms with Crippen LogP contribution in [0.25, 0.3) is 11.1 Å². The molecule has 1 aromatic heterocycles. The fourth-order valence-electron chi connectivity index (χ4n) is 4.23. The molecule has 2 amide bonds. The molecule has 2 aromatic carbocycles. The van der Waals surface area contributed by atoms with Crippen molar-refractivity contribution in [1.82, 2.24) is 19.6 Å². The average molecular weight is 417 g/mol. The molecule has 0 aliphatic carbocycles. The molecular formula is C25H28N4O2. The van der Waals surface area contributed by atoms with Gasteiger partial charge < -0.3 is 9.80 Å². The van der Waals surface area contributed by atoms with Crippen LogP contribution in [0.5, 0.6) is 0 Å². The first kappa shape index (κ1) is 20.8. The number of rotatable bonds is 6. The fraction of sp³-hybridized carbons (Fsp3) is 0.320. The summed E-state index contributed by atoms with van der Waals surface area (Å²) in [7, 11) is 0. The topological polar surface area (TPSA) is 58.4 Å². The number of nitrogens with zero attached hydrogens (tertiary/aromatic N) is 4. The zero-order valence-corrected chi connectivity index (χ0v) is 17.9. The molecule has 2 heterocycles. The second kappa shape index (κ2) is 9.60. The molecule has 0 N–H and O–H groups in total. The summed E-state index contributed by atoms with van der Waals surface area (Å²) in [5.41, 5.74) is 3.40. The standard InChI is InChI=1S/C25H28N4O2/c1-2-27-15-16-28(24(30)19-29-14-8-13-26-29)18-22(25(27)31)17-21-11-6-7-12-23(21)20-9-4-3-5-10-20/h3-14,22H,2,15-19H2,1H3. The van der Waals surface area contributed by atoms with Crippen molar-refractivity contribution in [2.24, 2.45) is 5.92 Å². The molecule has 31 heavy (non-hydrogen) atoms. The molecular weight excluding hydrogens is 388 g/mol. The molecule has 6 nitrogen and oxygen atoms in total. The van der Waals surface area contributed by atoms with Gasteiger partial charge in [-0.15, -0.1) is 0 Å². The van der Waals surface area contributed by atoms with E-state index in [-0.39, 0.29) is 24.3 Å². The summed E-state index contributed by atoms with van der Waals surface area (Å²) < 4.78 is 1.63. The average Bonchev–Trinajstić information content (AvgIpc) is 3.26. The summed E-state index contributed by atoms with van der Waals surface area (Å²) in [6.45, 7) is 4.39. The van der Waals surface area contributed by atoms with Crippen molar-refractivity contribution in [3.8, 4) is 11.1 Å². The minimum absolute atomic E-state index is 0.00389. The van der Waals surface area contributed by atoms with E-state index in [0.717, 1.165) is 16.7 Å². The molecule has 1 atom stereocenters. The fourth-order valence-corrected chi connectivity index (χ4v) is 4.23. The highest BCUT2D eigenvalue weighted by molar-refractivity contribution is 5.82. The van der Waals surface area contributed by atoms with Gasteiger partial charge in [-0.25, -0.2) is 0 Å². The van der Waals surface area contributed by atoms with Crippen LogP contribution in [0.15, 0.2) is 73.1 Å². The quantitative estimate of drug-likeness (QED) is 0.620. The van der Waals surface area contributed by atoms with Gasteiger partial charge in [0.2, 0.25) is 11.8 Å². The molecule has 160 valence electrons. The van der Waals surface area contributed by atoms with E-state index in [1.165, 1.54) is 0 Å². The number of likely N-dealkylation sites (N-methyl/N-ethyl adjacent to an activating group) is 1. The van der Waals surface area contributed by atoms with E-state index in [0.29, 0.717) is 32.6 Å². The van der Waals surface area contributed by atoms with E-state index in [9.17, 15) is 9.59 Å². The summed E-state index contributed by atoms with van der Waals surface area (Å²) in [5, 5.41) is 4.14. The lowest BCUT2D eigenvalue weighted by Crippen LogP contribution is -2.39. The molecule has 4 rings (SSSR count). The number of aromatic nitrogens is 2. The first-order chi connectivity index (χ1) is 15.2. The van der Waals surface area contributed by atoms with E-state index in [4.69, 9.17) is 0 Å². The van der Waals surface area contributed by atoms with Crippen molar-refractivity contribution in [2.75, 3.05) is 26.2 Å². The molecule has 1 unspecified atom stereocenters. The largest absolute Gasteiger partial charge is 0.341 e. The Labute approximate surface area is 183 Å². The Hall–Kier alpha value is -3.41. The first-order valence-electron chi connectivity index (χ1n) is 10.8. The van der Waals surface area contributed by atoms with Crippen molar-refractivity contribution in [2.45, 2.75) is 19.9 Å². The van der Waals surface area contributed by atoms with Gasteiger partial charge >= 0.3 is 0 Å². The third-order valence-electron chi connectivity index (χ3n) is 5.90. The Morgan fingerprint density at radius 1 is 1.03 bits per heavy atom. The van der Waals surface area contributed by atoms with Crippen LogP contribution in [-0.2, 0) is 22.6 Å². The minimum Gasteiger partial charge on any atom is -0.341 e. The zero-order valence-electron chi connectivity index (χ0n) is 17.9. The molecule has 0 bridgehead atoms. The Kier molecular flexibility index (Phi) is 6.46. The maximum absolute atomic E-state index is 13.3. The molecule has 1 aliphatic heterocycles. The third-order valence-corrected chi connectivity index (χ3v) is 5.90. The maximum Gasteiger partial charge on any atom is 0.244 e. The molecule has 0 saturated carbocycles. The highest BCUT2D eigenvalue weighted by Gasteiger charge is 2.32. The van der Waals surface area contributed by atoms with E-state index in [1.54, 1.807) is 23.1 Å². The molecule has 1 saturated heterocycles. The van der Waals surface area contributed by atoms with Gasteiger partial charge in [-0.1, -0.05) is 54.6 Å². The van der Waals surface area contributed by atoms with Gasteiger partial charge in [0.05, 0.1) is 5.92 Å². The van der Waals surface area contributed by atoms with Crippen molar-refractivity contribution in [3.05, 3.63) is 78.6 Å². The SMILES string of the molecule is CCN1CCN(C(=O)Cn2cccn2)CC(Cc2ccccc2-c2ccccc2)C1=O. The summed E-state index contributed by atoms with van der Waals surface area (Å²) in [4.78, 5) is 29.9. The highest BCUT2D eigenvalue weighted by atomic mass is 16.2. The smallest absolute Gasteiger partial charge is 0.244 e. The lowest BCUT2D eigenvalue weighted by atomic mass is 9.91. The Balaban J connectivity index is 1.58. The molecule has 0 radical (unpaired) electrons. The number of hydrogen-bond acceptors (Lipinski definition) is 3. The summed E-state index contributed by atoms with van der Waals surface area (Å²) in [5.74, 6) is -0.149. The number of carbonyl (C=O) groups is 2. The van der Waals surface area contributed by atoms with Gasteiger partial charge in [-0.2, -0.15) is 5.10 Å². The van der Waals surface area contributed by atoms with Gasteiger partial charge in [0, 0.05) is 38.6 Å². The van der Waals surface area contributed by atoms with Gasteiger partial charge in [0.25, 0.3) is 0 Å². The summed E-state index contributed by atoms with van der Waals surface area (Å²) >= 11 is 0. The van der Waals surface area contributed by atoms with Crippen molar-refractivity contribution < 1.29 is 9.59 Å². The van der Waals surface area contributed by atoms with Gasteiger partial charge in [0.15, 0.2) is 0 Å². The Morgan fingerprint density at radius 3 is 2.55 bits per heavy atom. The zero-order chi connectivity index (χ0) is 21.6. The lowest BCUT2D eigenvalue weighted by molar-refractivity contribution is -0.135. The molecule has 1 aliphatic rings. The molecule has 3 aromatic rings. The van der Waals surface area contributed by atoms with Crippen LogP contribution < -0.4 is 0 Å². The van der Waals surface area contributed by atoms with Crippen LogP contribution >= 0.6 is 0 Å². The predicted molar refractivity (Wildman–Crippen MR) is 120 cm³/mol. The van der Waals surface area contributed by atoms with E-state index in [2.05, 4.69) is 29.4 Å². The van der Waals surface area contributed by atoms with E-state index in [1.807, 2.05) is 47.1 Å². The van der Waals surface area contributed by atoms with Crippen molar-refractivity contribution >= 4 is 11.8 Å². The first-order valence-corrected chi connectivity index (χ1v) is 10.8. The van der Waals surface area contributed by atoms with Crippen molar-refractivity contribution in [1.29, 1.82) is 0 Å². The van der Waals surface area contributed by atoms with Crippen molar-refractivity contribution in [3.63, 3.8) is 0 Å². The van der Waals surface area contributed by atoms with Gasteiger partial charge in [0.1, 0.15) is 6.54 Å². The van der Waals surface area contributed by atoms with Crippen LogP contribution in [0.2, 0.25) is 0 Å².